The minimum atomic E-state index is -1.82. The number of non-ortho nitro benzene ring substituents is 1. The minimum Gasteiger partial charge on any atom is -0.459 e. The van der Waals surface area contributed by atoms with Crippen LogP contribution in [-0.2, 0) is 41.4 Å². The van der Waals surface area contributed by atoms with Gasteiger partial charge >= 0.3 is 5.97 Å². The maximum absolute atomic E-state index is 14.6. The number of aliphatic hydroxyl groups is 5. The van der Waals surface area contributed by atoms with E-state index in [2.05, 4.69) is 15.2 Å². The molecule has 18 atom stereocenters. The molecule has 2 aromatic rings. The topological polar surface area (TPSA) is 245 Å². The average molecular weight is 1010 g/mol. The number of thioether (sulfide) groups is 1. The molecular weight excluding hydrogens is 925 g/mol. The van der Waals surface area contributed by atoms with Crippen molar-refractivity contribution in [1.82, 2.24) is 24.8 Å². The number of aliphatic hydroxyl groups excluding tert-OH is 3. The Hall–Kier alpha value is -2.86. The van der Waals surface area contributed by atoms with Crippen molar-refractivity contribution in [2.24, 2.45) is 23.7 Å². The number of hydrogen-bond donors (Lipinski definition) is 5. The summed E-state index contributed by atoms with van der Waals surface area (Å²) in [5.41, 5.74) is -3.61. The standard InChI is InChI=1S/C50H84N6O13S/c1-14-40-50(10,62)43(58)33(6)54(12)27-29(2)25-48(8,61)45(31(4)41(32(5)46(60)68-40)39-26-49(9,65-13)44(59)34(7)67-39)69-47-42(57)38(24-30(3)66-47)53(11)22-20-35-28-55(52-51-35)21-15-23-70-37-18-16-36(17-19-37)56(63)64/h16-19,28-34,38-45,47,57-59,61-62H,14-15,20-27H2,1-13H3/t29-,30-,31+,32-,33-,34+,38+,39?,40-,41+,42-,43-,44+,45-,47+,48-,49-,50-/m1/s1. The molecule has 3 aliphatic rings. The third kappa shape index (κ3) is 13.8. The lowest BCUT2D eigenvalue weighted by Crippen LogP contribution is -2.62. The van der Waals surface area contributed by atoms with Crippen molar-refractivity contribution in [3.05, 3.63) is 46.3 Å². The molecule has 0 aliphatic carbocycles. The molecule has 5 N–H and O–H groups in total. The number of methoxy groups -OCH3 is 1. The van der Waals surface area contributed by atoms with Crippen LogP contribution in [-0.4, -0.2) is 185 Å². The molecule has 3 aliphatic heterocycles. The molecule has 0 spiro atoms. The van der Waals surface area contributed by atoms with Crippen molar-refractivity contribution in [3.8, 4) is 0 Å². The van der Waals surface area contributed by atoms with E-state index in [4.69, 9.17) is 23.7 Å². The van der Waals surface area contributed by atoms with Crippen LogP contribution in [0.1, 0.15) is 107 Å². The smallest absolute Gasteiger partial charge is 0.309 e. The number of esters is 1. The zero-order valence-corrected chi connectivity index (χ0v) is 44.5. The van der Waals surface area contributed by atoms with E-state index in [9.17, 15) is 40.4 Å². The van der Waals surface area contributed by atoms with Gasteiger partial charge in [-0.25, -0.2) is 0 Å². The van der Waals surface area contributed by atoms with Gasteiger partial charge in [0.15, 0.2) is 6.29 Å². The Labute approximate surface area is 419 Å². The van der Waals surface area contributed by atoms with Crippen molar-refractivity contribution in [1.29, 1.82) is 0 Å². The summed E-state index contributed by atoms with van der Waals surface area (Å²) >= 11 is 1.62. The summed E-state index contributed by atoms with van der Waals surface area (Å²) in [6.07, 6.45) is -4.08. The molecule has 70 heavy (non-hydrogen) atoms. The van der Waals surface area contributed by atoms with Crippen LogP contribution in [0.2, 0.25) is 0 Å². The van der Waals surface area contributed by atoms with Crippen LogP contribution >= 0.6 is 11.8 Å². The summed E-state index contributed by atoms with van der Waals surface area (Å²) in [7, 11) is 5.31. The lowest BCUT2D eigenvalue weighted by molar-refractivity contribution is -0.384. The summed E-state index contributed by atoms with van der Waals surface area (Å²) in [5.74, 6) is -2.35. The normalized spacial score (nSPS) is 39.8. The number of likely N-dealkylation sites (N-methyl/N-ethyl adjacent to an activating group) is 2. The molecule has 3 fully saturated rings. The Morgan fingerprint density at radius 2 is 1.69 bits per heavy atom. The average Bonchev–Trinajstić information content (AvgIpc) is 3.76. The largest absolute Gasteiger partial charge is 0.459 e. The van der Waals surface area contributed by atoms with E-state index in [1.54, 1.807) is 63.2 Å². The van der Waals surface area contributed by atoms with E-state index in [0.717, 1.165) is 22.8 Å². The number of aromatic nitrogens is 3. The van der Waals surface area contributed by atoms with Crippen molar-refractivity contribution < 1.29 is 58.9 Å². The zero-order valence-electron chi connectivity index (χ0n) is 43.7. The zero-order chi connectivity index (χ0) is 52.0. The fraction of sp³-hybridized carbons (Fsp3) is 0.820. The van der Waals surface area contributed by atoms with E-state index in [-0.39, 0.29) is 37.0 Å². The summed E-state index contributed by atoms with van der Waals surface area (Å²) in [5, 5.41) is 79.7. The highest BCUT2D eigenvalue weighted by molar-refractivity contribution is 7.99. The van der Waals surface area contributed by atoms with Gasteiger partial charge in [-0.3, -0.25) is 19.6 Å². The van der Waals surface area contributed by atoms with Gasteiger partial charge in [0, 0.05) is 80.8 Å². The number of nitro groups is 1. The molecule has 19 nitrogen and oxygen atoms in total. The lowest BCUT2D eigenvalue weighted by atomic mass is 9.68. The number of benzene rings is 1. The van der Waals surface area contributed by atoms with Gasteiger partial charge in [-0.15, -0.1) is 16.9 Å². The molecule has 5 rings (SSSR count). The fourth-order valence-corrected chi connectivity index (χ4v) is 12.1. The quantitative estimate of drug-likeness (QED) is 0.0543. The van der Waals surface area contributed by atoms with E-state index in [0.29, 0.717) is 32.5 Å². The third-order valence-electron chi connectivity index (χ3n) is 15.6. The van der Waals surface area contributed by atoms with Gasteiger partial charge in [0.2, 0.25) is 0 Å². The van der Waals surface area contributed by atoms with Gasteiger partial charge in [0.05, 0.1) is 52.2 Å². The van der Waals surface area contributed by atoms with Crippen molar-refractivity contribution in [2.45, 2.75) is 203 Å². The van der Waals surface area contributed by atoms with Crippen molar-refractivity contribution in [2.75, 3.05) is 40.0 Å². The molecule has 4 heterocycles. The first-order valence-electron chi connectivity index (χ1n) is 25.1. The number of rotatable bonds is 15. The van der Waals surface area contributed by atoms with Gasteiger partial charge < -0.3 is 59.0 Å². The number of nitro benzene ring substituents is 1. The van der Waals surface area contributed by atoms with Crippen LogP contribution in [0.25, 0.3) is 0 Å². The fourth-order valence-electron chi connectivity index (χ4n) is 11.3. The van der Waals surface area contributed by atoms with Crippen LogP contribution < -0.4 is 0 Å². The van der Waals surface area contributed by atoms with Crippen molar-refractivity contribution >= 4 is 23.4 Å². The number of ether oxygens (including phenoxy) is 5. The first-order valence-corrected chi connectivity index (χ1v) is 26.1. The molecule has 1 unspecified atom stereocenters. The van der Waals surface area contributed by atoms with Crippen LogP contribution in [0.3, 0.4) is 0 Å². The molecule has 398 valence electrons. The summed E-state index contributed by atoms with van der Waals surface area (Å²) < 4.78 is 33.9. The second-order valence-corrected chi connectivity index (χ2v) is 22.6. The highest BCUT2D eigenvalue weighted by atomic mass is 32.2. The van der Waals surface area contributed by atoms with Crippen LogP contribution in [0.4, 0.5) is 5.69 Å². The summed E-state index contributed by atoms with van der Waals surface area (Å²) in [6.45, 7) is 19.5. The lowest BCUT2D eigenvalue weighted by Gasteiger charge is -2.51. The number of hydrogen-bond acceptors (Lipinski definition) is 18. The van der Waals surface area contributed by atoms with Gasteiger partial charge in [0.25, 0.3) is 5.69 Å². The number of carbonyl (C=O) groups is 1. The van der Waals surface area contributed by atoms with Crippen LogP contribution in [0.5, 0.6) is 0 Å². The molecule has 1 aromatic carbocycles. The maximum atomic E-state index is 14.6. The SMILES string of the molecule is CC[C@H]1OC(=O)[C@H](C)[C@@H](C2C[C@@](C)(OC)[C@@H](O)[C@H](C)O2)[C@H](C)[C@@H](O[C@@H]2O[C@H](C)C[C@H](N(C)CCc3cn(CCCSc4ccc([N+](=O)[O-])cc4)nn3)[C@H]2O)[C@](C)(O)C[C@@H](C)CN(C)[C@H](C)[C@@H](O)[C@]1(C)O. The van der Waals surface area contributed by atoms with E-state index in [1.807, 2.05) is 52.9 Å². The third-order valence-corrected chi connectivity index (χ3v) is 16.7. The number of carbonyl (C=O) groups excluding carboxylic acids is 1. The predicted molar refractivity (Wildman–Crippen MR) is 264 cm³/mol. The monoisotopic (exact) mass is 1010 g/mol. The molecule has 20 heteroatoms. The van der Waals surface area contributed by atoms with Crippen LogP contribution in [0, 0.1) is 33.8 Å². The van der Waals surface area contributed by atoms with Gasteiger partial charge in [-0.05, 0) is 111 Å². The predicted octanol–water partition coefficient (Wildman–Crippen LogP) is 4.47. The summed E-state index contributed by atoms with van der Waals surface area (Å²) in [6, 6.07) is 5.55. The molecule has 0 bridgehead atoms. The molecule has 0 saturated carbocycles. The van der Waals surface area contributed by atoms with E-state index >= 15 is 0 Å². The Morgan fingerprint density at radius 1 is 1.01 bits per heavy atom. The Bertz CT molecular complexity index is 1980. The Morgan fingerprint density at radius 3 is 2.31 bits per heavy atom. The Balaban J connectivity index is 1.39. The van der Waals surface area contributed by atoms with Gasteiger partial charge in [-0.2, -0.15) is 0 Å². The second kappa shape index (κ2) is 24.4. The number of cyclic esters (lactones) is 1. The second-order valence-electron chi connectivity index (χ2n) is 21.4. The number of aryl methyl sites for hydroxylation is 1. The molecule has 3 saturated heterocycles. The molecular formula is C50H84N6O13S. The van der Waals surface area contributed by atoms with Crippen LogP contribution in [0.15, 0.2) is 35.4 Å². The minimum absolute atomic E-state index is 0.0640. The van der Waals surface area contributed by atoms with Crippen molar-refractivity contribution in [3.63, 3.8) is 0 Å². The Kier molecular flexibility index (Phi) is 20.3. The molecule has 1 aromatic heterocycles. The van der Waals surface area contributed by atoms with Gasteiger partial charge in [0.1, 0.15) is 30.0 Å². The van der Waals surface area contributed by atoms with E-state index < -0.39 is 107 Å². The first-order chi connectivity index (χ1) is 32.7. The number of nitrogens with zero attached hydrogens (tertiary/aromatic N) is 6. The maximum Gasteiger partial charge on any atom is 0.309 e. The first kappa shape index (κ1) is 58.0. The van der Waals surface area contributed by atoms with E-state index in [1.165, 1.54) is 26.2 Å². The highest BCUT2D eigenvalue weighted by Crippen LogP contribution is 2.45. The summed E-state index contributed by atoms with van der Waals surface area (Å²) in [4.78, 5) is 30.1. The molecule has 0 amide bonds. The highest BCUT2D eigenvalue weighted by Gasteiger charge is 2.55. The van der Waals surface area contributed by atoms with Gasteiger partial charge in [-0.1, -0.05) is 32.9 Å². The molecule has 0 radical (unpaired) electrons.